The first kappa shape index (κ1) is 20.0. The number of fused-ring (bicyclic) bond motifs is 1. The van der Waals surface area contributed by atoms with Gasteiger partial charge < -0.3 is 15.1 Å². The number of hydrogen-bond acceptors (Lipinski definition) is 8. The number of hydrogen-bond donors (Lipinski definition) is 1. The van der Waals surface area contributed by atoms with E-state index in [9.17, 15) is 4.79 Å². The minimum atomic E-state index is -0.233. The number of rotatable bonds is 5. The molecule has 5 rings (SSSR count). The molecule has 0 unspecified atom stereocenters. The third kappa shape index (κ3) is 3.76. The fourth-order valence-electron chi connectivity index (χ4n) is 3.69. The minimum absolute atomic E-state index is 0.233. The Morgan fingerprint density at radius 3 is 2.62 bits per heavy atom. The molecule has 0 radical (unpaired) electrons. The summed E-state index contributed by atoms with van der Waals surface area (Å²) in [7, 11) is 5.97. The summed E-state index contributed by atoms with van der Waals surface area (Å²) < 4.78 is 1.64. The monoisotopic (exact) mass is 429 g/mol. The molecule has 10 heteroatoms. The predicted molar refractivity (Wildman–Crippen MR) is 121 cm³/mol. The van der Waals surface area contributed by atoms with Crippen LogP contribution in [-0.2, 0) is 7.05 Å². The number of aromatic nitrogens is 6. The summed E-state index contributed by atoms with van der Waals surface area (Å²) in [4.78, 5) is 30.5. The van der Waals surface area contributed by atoms with E-state index in [4.69, 9.17) is 4.98 Å². The molecule has 1 fully saturated rings. The van der Waals surface area contributed by atoms with Crippen molar-refractivity contribution in [1.29, 1.82) is 0 Å². The van der Waals surface area contributed by atoms with Gasteiger partial charge in [0.15, 0.2) is 0 Å². The molecule has 32 heavy (non-hydrogen) atoms. The van der Waals surface area contributed by atoms with Crippen molar-refractivity contribution in [2.24, 2.45) is 7.05 Å². The molecule has 0 bridgehead atoms. The highest BCUT2D eigenvalue weighted by molar-refractivity contribution is 6.05. The summed E-state index contributed by atoms with van der Waals surface area (Å²) in [6, 6.07) is 7.63. The summed E-state index contributed by atoms with van der Waals surface area (Å²) in [5.74, 6) is 1.06. The molecule has 162 valence electrons. The van der Waals surface area contributed by atoms with E-state index in [1.165, 1.54) is 0 Å². The smallest absolute Gasteiger partial charge is 0.256 e. The van der Waals surface area contributed by atoms with Gasteiger partial charge in [-0.2, -0.15) is 0 Å². The van der Waals surface area contributed by atoms with Crippen molar-refractivity contribution < 1.29 is 4.79 Å². The first-order valence-electron chi connectivity index (χ1n) is 10.3. The van der Waals surface area contributed by atoms with Crippen LogP contribution in [0.15, 0.2) is 49.1 Å². The van der Waals surface area contributed by atoms with E-state index >= 15 is 0 Å². The first-order chi connectivity index (χ1) is 15.5. The number of carbonyl (C=O) groups is 1. The number of pyridine rings is 3. The molecule has 1 aliphatic heterocycles. The SMILES string of the molecule is CN(C)C1CN(c2nc(NC(=O)c3ccncc3)cc3cc(-c4cn(C)nn4)ncc23)C1. The maximum Gasteiger partial charge on any atom is 0.256 e. The fraction of sp³-hybridized carbons (Fsp3) is 0.273. The van der Waals surface area contributed by atoms with Crippen molar-refractivity contribution in [3.05, 3.63) is 54.6 Å². The Hall–Kier alpha value is -3.92. The van der Waals surface area contributed by atoms with Crippen LogP contribution in [0.4, 0.5) is 11.6 Å². The van der Waals surface area contributed by atoms with E-state index in [-0.39, 0.29) is 5.91 Å². The Balaban J connectivity index is 1.54. The van der Waals surface area contributed by atoms with Crippen molar-refractivity contribution in [2.45, 2.75) is 6.04 Å². The van der Waals surface area contributed by atoms with Gasteiger partial charge in [0, 0.05) is 55.7 Å². The fourth-order valence-corrected chi connectivity index (χ4v) is 3.69. The highest BCUT2D eigenvalue weighted by atomic mass is 16.1. The van der Waals surface area contributed by atoms with Gasteiger partial charge in [-0.1, -0.05) is 5.21 Å². The highest BCUT2D eigenvalue weighted by Gasteiger charge is 2.31. The van der Waals surface area contributed by atoms with Gasteiger partial charge in [-0.05, 0) is 43.7 Å². The molecule has 10 nitrogen and oxygen atoms in total. The number of anilines is 2. The maximum absolute atomic E-state index is 12.7. The number of carbonyl (C=O) groups excluding carboxylic acids is 1. The molecule has 1 amide bonds. The molecule has 1 saturated heterocycles. The second kappa shape index (κ2) is 7.97. The molecule has 4 aromatic rings. The lowest BCUT2D eigenvalue weighted by Crippen LogP contribution is -2.57. The lowest BCUT2D eigenvalue weighted by molar-refractivity contribution is 0.102. The van der Waals surface area contributed by atoms with Gasteiger partial charge in [-0.25, -0.2) is 4.98 Å². The first-order valence-corrected chi connectivity index (χ1v) is 10.3. The van der Waals surface area contributed by atoms with Crippen LogP contribution in [0.2, 0.25) is 0 Å². The van der Waals surface area contributed by atoms with Gasteiger partial charge in [-0.15, -0.1) is 5.10 Å². The zero-order valence-corrected chi connectivity index (χ0v) is 18.1. The molecule has 0 spiro atoms. The van der Waals surface area contributed by atoms with E-state index in [0.717, 1.165) is 29.7 Å². The van der Waals surface area contributed by atoms with E-state index in [1.807, 2.05) is 31.6 Å². The highest BCUT2D eigenvalue weighted by Crippen LogP contribution is 2.32. The standard InChI is InChI=1S/C22H23N9O/c1-29(2)16-11-31(12-16)21-17-10-24-18(19-13-30(3)28-27-19)8-15(17)9-20(25-21)26-22(32)14-4-6-23-7-5-14/h4-10,13,16H,11-12H2,1-3H3,(H,25,26,32). The Morgan fingerprint density at radius 1 is 1.16 bits per heavy atom. The van der Waals surface area contributed by atoms with Gasteiger partial charge in [0.05, 0.1) is 11.9 Å². The Labute approximate surface area is 184 Å². The van der Waals surface area contributed by atoms with Crippen molar-refractivity contribution in [3.8, 4) is 11.4 Å². The van der Waals surface area contributed by atoms with Crippen LogP contribution in [0.3, 0.4) is 0 Å². The number of nitrogens with one attached hydrogen (secondary N) is 1. The molecule has 1 aliphatic rings. The van der Waals surface area contributed by atoms with Crippen LogP contribution in [-0.4, -0.2) is 74.0 Å². The minimum Gasteiger partial charge on any atom is -0.353 e. The lowest BCUT2D eigenvalue weighted by Gasteiger charge is -2.44. The van der Waals surface area contributed by atoms with Crippen molar-refractivity contribution in [3.63, 3.8) is 0 Å². The molecule has 5 heterocycles. The number of aryl methyl sites for hydroxylation is 1. The van der Waals surface area contributed by atoms with E-state index < -0.39 is 0 Å². The molecule has 0 atom stereocenters. The zero-order chi connectivity index (χ0) is 22.2. The third-order valence-corrected chi connectivity index (χ3v) is 5.64. The molecule has 0 saturated carbocycles. The van der Waals surface area contributed by atoms with Crippen LogP contribution in [0.5, 0.6) is 0 Å². The molecule has 0 aromatic carbocycles. The number of amides is 1. The topological polar surface area (TPSA) is 105 Å². The van der Waals surface area contributed by atoms with E-state index in [0.29, 0.717) is 28.8 Å². The largest absolute Gasteiger partial charge is 0.353 e. The molecular weight excluding hydrogens is 406 g/mol. The normalized spacial score (nSPS) is 14.1. The van der Waals surface area contributed by atoms with E-state index in [2.05, 4.69) is 49.5 Å². The van der Waals surface area contributed by atoms with Crippen LogP contribution in [0.1, 0.15) is 10.4 Å². The van der Waals surface area contributed by atoms with Gasteiger partial charge in [0.1, 0.15) is 17.3 Å². The molecular formula is C22H23N9O. The summed E-state index contributed by atoms with van der Waals surface area (Å²) in [6.45, 7) is 1.73. The van der Waals surface area contributed by atoms with Gasteiger partial charge in [-0.3, -0.25) is 19.4 Å². The van der Waals surface area contributed by atoms with Crippen LogP contribution in [0.25, 0.3) is 22.2 Å². The van der Waals surface area contributed by atoms with Crippen LogP contribution in [0, 0.1) is 0 Å². The van der Waals surface area contributed by atoms with Crippen molar-refractivity contribution >= 4 is 28.3 Å². The Morgan fingerprint density at radius 2 is 1.94 bits per heavy atom. The van der Waals surface area contributed by atoms with Crippen LogP contribution < -0.4 is 10.2 Å². The summed E-state index contributed by atoms with van der Waals surface area (Å²) in [5.41, 5.74) is 1.92. The Bertz CT molecular complexity index is 1280. The molecule has 0 aliphatic carbocycles. The summed E-state index contributed by atoms with van der Waals surface area (Å²) >= 11 is 0. The average Bonchev–Trinajstić information content (AvgIpc) is 3.19. The van der Waals surface area contributed by atoms with Crippen molar-refractivity contribution in [1.82, 2.24) is 34.8 Å². The number of likely N-dealkylation sites (N-methyl/N-ethyl adjacent to an activating group) is 1. The zero-order valence-electron chi connectivity index (χ0n) is 18.1. The molecule has 4 aromatic heterocycles. The maximum atomic E-state index is 12.7. The van der Waals surface area contributed by atoms with Gasteiger partial charge >= 0.3 is 0 Å². The quantitative estimate of drug-likeness (QED) is 0.512. The second-order valence-corrected chi connectivity index (χ2v) is 8.11. The third-order valence-electron chi connectivity index (χ3n) is 5.64. The van der Waals surface area contributed by atoms with Gasteiger partial charge in [0.25, 0.3) is 5.91 Å². The lowest BCUT2D eigenvalue weighted by atomic mass is 10.1. The molecule has 1 N–H and O–H groups in total. The van der Waals surface area contributed by atoms with Gasteiger partial charge in [0.2, 0.25) is 0 Å². The summed E-state index contributed by atoms with van der Waals surface area (Å²) in [6.07, 6.45) is 6.82. The van der Waals surface area contributed by atoms with Crippen molar-refractivity contribution in [2.75, 3.05) is 37.4 Å². The number of nitrogens with zero attached hydrogens (tertiary/aromatic N) is 8. The second-order valence-electron chi connectivity index (χ2n) is 8.11. The van der Waals surface area contributed by atoms with E-state index in [1.54, 1.807) is 29.2 Å². The average molecular weight is 429 g/mol. The Kier molecular flexibility index (Phi) is 4.98. The predicted octanol–water partition coefficient (Wildman–Crippen LogP) is 1.82. The van der Waals surface area contributed by atoms with Crippen LogP contribution >= 0.6 is 0 Å². The summed E-state index contributed by atoms with van der Waals surface area (Å²) in [5, 5.41) is 12.9.